The summed E-state index contributed by atoms with van der Waals surface area (Å²) in [7, 11) is 0. The van der Waals surface area contributed by atoms with Crippen LogP contribution in [0.4, 0.5) is 0 Å². The molecule has 114 valence electrons. The molecule has 2 aromatic rings. The largest absolute Gasteiger partial charge is 0.307 e. The minimum Gasteiger partial charge on any atom is -0.307 e. The van der Waals surface area contributed by atoms with Crippen LogP contribution in [0.15, 0.2) is 61.2 Å². The number of aryl methyl sites for hydroxylation is 4. The molecule has 0 amide bonds. The second kappa shape index (κ2) is 14.3. The number of rotatable bonds is 0. The van der Waals surface area contributed by atoms with Gasteiger partial charge >= 0.3 is 0 Å². The lowest BCUT2D eigenvalue weighted by molar-refractivity contribution is -0.0979. The second-order valence-electron chi connectivity index (χ2n) is 4.72. The van der Waals surface area contributed by atoms with Gasteiger partial charge in [0.2, 0.25) is 0 Å². The van der Waals surface area contributed by atoms with E-state index < -0.39 is 0 Å². The lowest BCUT2D eigenvalue weighted by atomic mass is 10.2. The molecule has 0 saturated carbocycles. The third kappa shape index (κ3) is 14.1. The van der Waals surface area contributed by atoms with Gasteiger partial charge in [0.15, 0.2) is 0 Å². The normalized spacial score (nSPS) is 7.86. The fraction of sp³-hybridized carbons (Fsp3) is 0.250. The summed E-state index contributed by atoms with van der Waals surface area (Å²) >= 11 is 0. The Morgan fingerprint density at radius 3 is 1.00 bits per heavy atom. The van der Waals surface area contributed by atoms with Crippen molar-refractivity contribution in [3.05, 3.63) is 83.4 Å². The van der Waals surface area contributed by atoms with Gasteiger partial charge in [-0.1, -0.05) is 76.9 Å². The van der Waals surface area contributed by atoms with Gasteiger partial charge < -0.3 is 4.79 Å². The van der Waals surface area contributed by atoms with Crippen molar-refractivity contribution in [3.8, 4) is 0 Å². The zero-order chi connectivity index (χ0) is 16.7. The molecule has 0 radical (unpaired) electrons. The molecular weight excluding hydrogens is 256 g/mol. The Morgan fingerprint density at radius 2 is 0.905 bits per heavy atom. The van der Waals surface area contributed by atoms with Crippen molar-refractivity contribution < 1.29 is 4.79 Å². The van der Waals surface area contributed by atoms with Gasteiger partial charge in [-0.3, -0.25) is 0 Å². The first kappa shape index (κ1) is 21.2. The first-order chi connectivity index (χ1) is 9.99. The first-order valence-electron chi connectivity index (χ1n) is 6.92. The second-order valence-corrected chi connectivity index (χ2v) is 4.72. The van der Waals surface area contributed by atoms with Gasteiger partial charge in [0.05, 0.1) is 0 Å². The van der Waals surface area contributed by atoms with Crippen LogP contribution in [-0.4, -0.2) is 6.79 Å². The van der Waals surface area contributed by atoms with E-state index >= 15 is 0 Å². The molecule has 0 aliphatic rings. The summed E-state index contributed by atoms with van der Waals surface area (Å²) in [5.74, 6) is 0. The molecule has 0 aliphatic heterocycles. The molecule has 0 spiro atoms. The minimum absolute atomic E-state index is 1.34. The van der Waals surface area contributed by atoms with Crippen molar-refractivity contribution in [2.75, 3.05) is 0 Å². The van der Waals surface area contributed by atoms with E-state index in [2.05, 4.69) is 82.8 Å². The van der Waals surface area contributed by atoms with Crippen LogP contribution in [0, 0.1) is 27.7 Å². The summed E-state index contributed by atoms with van der Waals surface area (Å²) in [6.07, 6.45) is 1.75. The lowest BCUT2D eigenvalue weighted by Crippen LogP contribution is -1.71. The van der Waals surface area contributed by atoms with Crippen molar-refractivity contribution in [3.63, 3.8) is 0 Å². The summed E-state index contributed by atoms with van der Waals surface area (Å²) < 4.78 is 0. The van der Waals surface area contributed by atoms with Crippen molar-refractivity contribution in [2.45, 2.75) is 34.6 Å². The highest BCUT2D eigenvalue weighted by Crippen LogP contribution is 2.00. The summed E-state index contributed by atoms with van der Waals surface area (Å²) in [6, 6.07) is 16.9. The Bertz CT molecular complexity index is 423. The average Bonchev–Trinajstić information content (AvgIpc) is 2.42. The predicted molar refractivity (Wildman–Crippen MR) is 94.8 cm³/mol. The third-order valence-electron chi connectivity index (χ3n) is 2.35. The zero-order valence-electron chi connectivity index (χ0n) is 14.0. The third-order valence-corrected chi connectivity index (χ3v) is 2.35. The smallest absolute Gasteiger partial charge is 0.106 e. The molecule has 0 bridgehead atoms. The summed E-state index contributed by atoms with van der Waals surface area (Å²) in [4.78, 5) is 8.00. The topological polar surface area (TPSA) is 17.1 Å². The van der Waals surface area contributed by atoms with Gasteiger partial charge in [0.1, 0.15) is 6.79 Å². The van der Waals surface area contributed by atoms with Gasteiger partial charge in [-0.2, -0.15) is 0 Å². The molecule has 2 rings (SSSR count). The molecule has 0 unspecified atom stereocenters. The van der Waals surface area contributed by atoms with E-state index in [1.54, 1.807) is 6.08 Å². The van der Waals surface area contributed by atoms with Gasteiger partial charge in [-0.25, -0.2) is 0 Å². The Labute approximate surface area is 130 Å². The van der Waals surface area contributed by atoms with E-state index in [9.17, 15) is 0 Å². The highest BCUT2D eigenvalue weighted by atomic mass is 16.1. The Balaban J connectivity index is 0. The molecule has 0 N–H and O–H groups in total. The average molecular weight is 284 g/mol. The number of hydrogen-bond acceptors (Lipinski definition) is 1. The fourth-order valence-electron chi connectivity index (χ4n) is 1.61. The molecule has 0 saturated heterocycles. The van der Waals surface area contributed by atoms with E-state index in [0.29, 0.717) is 0 Å². The fourth-order valence-corrected chi connectivity index (χ4v) is 1.61. The lowest BCUT2D eigenvalue weighted by Gasteiger charge is -1.90. The van der Waals surface area contributed by atoms with E-state index in [1.807, 2.05) is 13.7 Å². The molecular formula is C20H28O. The number of carbonyl (C=O) groups is 1. The van der Waals surface area contributed by atoms with Crippen LogP contribution < -0.4 is 0 Å². The molecule has 0 fully saturated rings. The standard InChI is InChI=1S/2C8H10.C3H6.CH2O/c2*1-7-4-3-5-8(2)6-7;1-3-2;1-2/h2*3-6H,1-2H3;3H,1H2,2H3;1H2. The molecule has 1 nitrogen and oxygen atoms in total. The van der Waals surface area contributed by atoms with Crippen LogP contribution in [0.3, 0.4) is 0 Å². The van der Waals surface area contributed by atoms with Crippen molar-refractivity contribution in [1.82, 2.24) is 0 Å². The summed E-state index contributed by atoms with van der Waals surface area (Å²) in [5, 5.41) is 0. The molecule has 1 heteroatoms. The van der Waals surface area contributed by atoms with Crippen LogP contribution in [0.5, 0.6) is 0 Å². The van der Waals surface area contributed by atoms with Crippen LogP contribution in [0.1, 0.15) is 29.2 Å². The summed E-state index contributed by atoms with van der Waals surface area (Å²) in [5.41, 5.74) is 5.35. The van der Waals surface area contributed by atoms with Gasteiger partial charge in [-0.05, 0) is 34.6 Å². The maximum Gasteiger partial charge on any atom is 0.106 e. The molecule has 21 heavy (non-hydrogen) atoms. The van der Waals surface area contributed by atoms with Gasteiger partial charge in [-0.15, -0.1) is 6.58 Å². The van der Waals surface area contributed by atoms with E-state index in [-0.39, 0.29) is 0 Å². The maximum atomic E-state index is 8.00. The van der Waals surface area contributed by atoms with Crippen molar-refractivity contribution in [2.24, 2.45) is 0 Å². The number of hydrogen-bond donors (Lipinski definition) is 0. The molecule has 2 aromatic carbocycles. The van der Waals surface area contributed by atoms with Crippen LogP contribution in [0.2, 0.25) is 0 Å². The monoisotopic (exact) mass is 284 g/mol. The predicted octanol–water partition coefficient (Wildman–Crippen LogP) is 5.61. The quantitative estimate of drug-likeness (QED) is 0.574. The van der Waals surface area contributed by atoms with Gasteiger partial charge in [0, 0.05) is 0 Å². The molecule has 0 aliphatic carbocycles. The van der Waals surface area contributed by atoms with Crippen molar-refractivity contribution >= 4 is 6.79 Å². The Hall–Kier alpha value is -2.15. The number of allylic oxidation sites excluding steroid dienone is 1. The zero-order valence-corrected chi connectivity index (χ0v) is 14.0. The summed E-state index contributed by atoms with van der Waals surface area (Å²) in [6.45, 7) is 15.7. The highest BCUT2D eigenvalue weighted by molar-refractivity contribution is 5.21. The molecule has 0 atom stereocenters. The number of carbonyl (C=O) groups excluding carboxylic acids is 1. The Kier molecular flexibility index (Phi) is 14.4. The Morgan fingerprint density at radius 1 is 0.714 bits per heavy atom. The maximum absolute atomic E-state index is 8.00. The number of benzene rings is 2. The molecule has 0 heterocycles. The van der Waals surface area contributed by atoms with Crippen LogP contribution in [0.25, 0.3) is 0 Å². The van der Waals surface area contributed by atoms with E-state index in [0.717, 1.165) is 0 Å². The minimum atomic E-state index is 1.34. The van der Waals surface area contributed by atoms with E-state index in [1.165, 1.54) is 22.3 Å². The molecule has 0 aromatic heterocycles. The van der Waals surface area contributed by atoms with Crippen molar-refractivity contribution in [1.29, 1.82) is 0 Å². The first-order valence-corrected chi connectivity index (χ1v) is 6.92. The van der Waals surface area contributed by atoms with Gasteiger partial charge in [0.25, 0.3) is 0 Å². The van der Waals surface area contributed by atoms with Crippen LogP contribution in [-0.2, 0) is 4.79 Å². The van der Waals surface area contributed by atoms with Crippen LogP contribution >= 0.6 is 0 Å². The van der Waals surface area contributed by atoms with E-state index in [4.69, 9.17) is 4.79 Å². The highest BCUT2D eigenvalue weighted by Gasteiger charge is 1.81. The SMILES string of the molecule is C=CC.C=O.Cc1cccc(C)c1.Cc1cccc(C)c1.